The van der Waals surface area contributed by atoms with Crippen molar-refractivity contribution in [1.29, 1.82) is 0 Å². The highest BCUT2D eigenvalue weighted by atomic mass is 16.7. The van der Waals surface area contributed by atoms with Gasteiger partial charge in [0.15, 0.2) is 0 Å². The van der Waals surface area contributed by atoms with E-state index in [4.69, 9.17) is 23.7 Å². The lowest BCUT2D eigenvalue weighted by atomic mass is 10.2. The van der Waals surface area contributed by atoms with E-state index in [0.29, 0.717) is 19.0 Å². The Morgan fingerprint density at radius 2 is 2.11 bits per heavy atom. The molecule has 1 fully saturated rings. The van der Waals surface area contributed by atoms with Gasteiger partial charge in [0.05, 0.1) is 13.2 Å². The molecular formula is C13H16O6. The van der Waals surface area contributed by atoms with Crippen LogP contribution in [0.15, 0.2) is 24.3 Å². The zero-order valence-electron chi connectivity index (χ0n) is 10.7. The number of methoxy groups -OCH3 is 1. The van der Waals surface area contributed by atoms with Gasteiger partial charge < -0.3 is 23.7 Å². The first-order valence-corrected chi connectivity index (χ1v) is 5.90. The molecule has 0 amide bonds. The normalized spacial score (nSPS) is 17.0. The summed E-state index contributed by atoms with van der Waals surface area (Å²) in [6, 6.07) is 6.98. The molecule has 0 spiro atoms. The van der Waals surface area contributed by atoms with Crippen LogP contribution in [-0.2, 0) is 25.6 Å². The van der Waals surface area contributed by atoms with E-state index in [1.165, 1.54) is 0 Å². The van der Waals surface area contributed by atoms with Crippen LogP contribution in [0.1, 0.15) is 5.56 Å². The van der Waals surface area contributed by atoms with Gasteiger partial charge in [-0.3, -0.25) is 0 Å². The molecule has 104 valence electrons. The Bertz CT molecular complexity index is 398. The summed E-state index contributed by atoms with van der Waals surface area (Å²) in [4.78, 5) is 11.3. The lowest BCUT2D eigenvalue weighted by molar-refractivity contribution is -0.0390. The summed E-state index contributed by atoms with van der Waals surface area (Å²) < 4.78 is 24.7. The monoisotopic (exact) mass is 268 g/mol. The third kappa shape index (κ3) is 5.25. The topological polar surface area (TPSA) is 66.5 Å². The molecule has 6 heteroatoms. The van der Waals surface area contributed by atoms with Crippen molar-refractivity contribution in [1.82, 2.24) is 0 Å². The van der Waals surface area contributed by atoms with Gasteiger partial charge >= 0.3 is 6.16 Å². The number of epoxide rings is 1. The Morgan fingerprint density at radius 1 is 1.37 bits per heavy atom. The molecule has 0 N–H and O–H groups in total. The maximum absolute atomic E-state index is 11.3. The van der Waals surface area contributed by atoms with Gasteiger partial charge in [0, 0.05) is 7.11 Å². The molecule has 0 radical (unpaired) electrons. The molecule has 0 saturated carbocycles. The van der Waals surface area contributed by atoms with Crippen molar-refractivity contribution >= 4 is 6.16 Å². The fraction of sp³-hybridized carbons (Fsp3) is 0.462. The third-order valence-corrected chi connectivity index (χ3v) is 2.38. The molecule has 1 saturated heterocycles. The van der Waals surface area contributed by atoms with E-state index in [1.807, 2.05) is 12.1 Å². The number of rotatable bonds is 7. The van der Waals surface area contributed by atoms with Crippen molar-refractivity contribution in [2.75, 3.05) is 27.1 Å². The molecule has 0 bridgehead atoms. The first kappa shape index (κ1) is 13.8. The number of hydrogen-bond donors (Lipinski definition) is 0. The minimum atomic E-state index is -0.723. The third-order valence-electron chi connectivity index (χ3n) is 2.38. The van der Waals surface area contributed by atoms with Gasteiger partial charge in [-0.15, -0.1) is 0 Å². The quantitative estimate of drug-likeness (QED) is 0.247. The van der Waals surface area contributed by atoms with Crippen LogP contribution in [0.4, 0.5) is 4.79 Å². The molecule has 1 atom stereocenters. The Kier molecular flexibility index (Phi) is 5.14. The van der Waals surface area contributed by atoms with Crippen LogP contribution in [0.5, 0.6) is 5.75 Å². The van der Waals surface area contributed by atoms with E-state index in [0.717, 1.165) is 5.56 Å². The number of hydrogen-bond acceptors (Lipinski definition) is 6. The summed E-state index contributed by atoms with van der Waals surface area (Å²) in [7, 11) is 1.56. The minimum absolute atomic E-state index is 0.0351. The molecule has 1 heterocycles. The van der Waals surface area contributed by atoms with E-state index in [9.17, 15) is 4.79 Å². The Morgan fingerprint density at radius 3 is 2.74 bits per heavy atom. The zero-order chi connectivity index (χ0) is 13.5. The highest BCUT2D eigenvalue weighted by molar-refractivity contribution is 5.63. The van der Waals surface area contributed by atoms with Gasteiger partial charge in [0.2, 0.25) is 0 Å². The maximum Gasteiger partial charge on any atom is 0.513 e. The number of benzene rings is 1. The second-order valence-electron chi connectivity index (χ2n) is 4.02. The first-order valence-electron chi connectivity index (χ1n) is 5.90. The molecule has 0 aromatic heterocycles. The maximum atomic E-state index is 11.3. The number of carbonyl (C=O) groups excluding carboxylic acids is 1. The molecule has 1 aliphatic heterocycles. The van der Waals surface area contributed by atoms with E-state index in [2.05, 4.69) is 0 Å². The summed E-state index contributed by atoms with van der Waals surface area (Å²) in [6.07, 6.45) is -0.688. The first-order chi connectivity index (χ1) is 9.28. The van der Waals surface area contributed by atoms with Crippen molar-refractivity contribution in [3.8, 4) is 5.75 Å². The average Bonchev–Trinajstić information content (AvgIpc) is 3.23. The summed E-state index contributed by atoms with van der Waals surface area (Å²) in [5.74, 6) is 0.428. The van der Waals surface area contributed by atoms with Crippen LogP contribution >= 0.6 is 0 Å². The van der Waals surface area contributed by atoms with E-state index in [1.54, 1.807) is 19.2 Å². The smallest absolute Gasteiger partial charge is 0.431 e. The van der Waals surface area contributed by atoms with Gasteiger partial charge in [-0.05, 0) is 17.7 Å². The van der Waals surface area contributed by atoms with Gasteiger partial charge in [0.25, 0.3) is 0 Å². The van der Waals surface area contributed by atoms with Crippen LogP contribution in [0.3, 0.4) is 0 Å². The lowest BCUT2D eigenvalue weighted by Crippen LogP contribution is -2.14. The van der Waals surface area contributed by atoms with Crippen LogP contribution < -0.4 is 4.74 Å². The van der Waals surface area contributed by atoms with Crippen molar-refractivity contribution < 1.29 is 28.5 Å². The van der Waals surface area contributed by atoms with Gasteiger partial charge in [-0.25, -0.2) is 4.79 Å². The molecule has 1 unspecified atom stereocenters. The van der Waals surface area contributed by atoms with Crippen molar-refractivity contribution in [2.45, 2.75) is 12.7 Å². The molecule has 0 aliphatic carbocycles. The largest absolute Gasteiger partial charge is 0.513 e. The van der Waals surface area contributed by atoms with Crippen molar-refractivity contribution in [3.63, 3.8) is 0 Å². The van der Waals surface area contributed by atoms with Gasteiger partial charge in [0.1, 0.15) is 25.3 Å². The summed E-state index contributed by atoms with van der Waals surface area (Å²) in [5, 5.41) is 0. The summed E-state index contributed by atoms with van der Waals surface area (Å²) >= 11 is 0. The molecule has 2 rings (SSSR count). The van der Waals surface area contributed by atoms with Gasteiger partial charge in [-0.1, -0.05) is 12.1 Å². The zero-order valence-corrected chi connectivity index (χ0v) is 10.7. The van der Waals surface area contributed by atoms with Crippen molar-refractivity contribution in [3.05, 3.63) is 29.8 Å². The predicted molar refractivity (Wildman–Crippen MR) is 64.8 cm³/mol. The van der Waals surface area contributed by atoms with Gasteiger partial charge in [-0.2, -0.15) is 0 Å². The lowest BCUT2D eigenvalue weighted by Gasteiger charge is -2.06. The summed E-state index contributed by atoms with van der Waals surface area (Å²) in [6.45, 7) is 1.57. The highest BCUT2D eigenvalue weighted by Gasteiger charge is 2.24. The second-order valence-corrected chi connectivity index (χ2v) is 4.02. The summed E-state index contributed by atoms with van der Waals surface area (Å²) in [5.41, 5.74) is 0.962. The Labute approximate surface area is 111 Å². The van der Waals surface area contributed by atoms with Crippen molar-refractivity contribution in [2.24, 2.45) is 0 Å². The second kappa shape index (κ2) is 7.08. The van der Waals surface area contributed by atoms with Crippen LogP contribution in [-0.4, -0.2) is 39.4 Å². The fourth-order valence-corrected chi connectivity index (χ4v) is 1.35. The Balaban J connectivity index is 1.72. The van der Waals surface area contributed by atoms with Crippen LogP contribution in [0, 0.1) is 0 Å². The Hall–Kier alpha value is -1.63. The molecule has 19 heavy (non-hydrogen) atoms. The van der Waals surface area contributed by atoms with E-state index >= 15 is 0 Å². The van der Waals surface area contributed by atoms with Crippen LogP contribution in [0.2, 0.25) is 0 Å². The highest BCUT2D eigenvalue weighted by Crippen LogP contribution is 2.14. The molecule has 1 aliphatic rings. The molecule has 1 aromatic rings. The molecule has 6 nitrogen and oxygen atoms in total. The average molecular weight is 268 g/mol. The molecular weight excluding hydrogens is 252 g/mol. The minimum Gasteiger partial charge on any atom is -0.431 e. The van der Waals surface area contributed by atoms with E-state index in [-0.39, 0.29) is 19.5 Å². The fourth-order valence-electron chi connectivity index (χ4n) is 1.35. The van der Waals surface area contributed by atoms with Crippen LogP contribution in [0.25, 0.3) is 0 Å². The molecule has 1 aromatic carbocycles. The number of carbonyl (C=O) groups is 1. The van der Waals surface area contributed by atoms with E-state index < -0.39 is 6.16 Å². The number of ether oxygens (including phenoxy) is 5. The predicted octanol–water partition coefficient (Wildman–Crippen LogP) is 1.72. The standard InChI is InChI=1S/C13H16O6/c1-15-9-16-6-10-2-4-11(5-3-10)19-13(14)18-8-12-7-17-12/h2-5,12H,6-9H2,1H3. The SMILES string of the molecule is COCOCc1ccc(OC(=O)OCC2CO2)cc1.